The Balaban J connectivity index is 1.48. The minimum Gasteiger partial charge on any atom is -0.325 e. The van der Waals surface area contributed by atoms with Crippen molar-refractivity contribution in [3.05, 3.63) is 127 Å². The lowest BCUT2D eigenvalue weighted by molar-refractivity contribution is -0.116. The zero-order chi connectivity index (χ0) is 23.6. The number of thioether (sulfide) groups is 1. The van der Waals surface area contributed by atoms with E-state index in [9.17, 15) is 9.59 Å². The van der Waals surface area contributed by atoms with Crippen molar-refractivity contribution < 1.29 is 9.59 Å². The van der Waals surface area contributed by atoms with Gasteiger partial charge in [-0.05, 0) is 47.5 Å². The third kappa shape index (κ3) is 6.67. The summed E-state index contributed by atoms with van der Waals surface area (Å²) in [7, 11) is 0. The summed E-state index contributed by atoms with van der Waals surface area (Å²) in [5.41, 5.74) is 3.19. The van der Waals surface area contributed by atoms with E-state index in [-0.39, 0.29) is 11.8 Å². The van der Waals surface area contributed by atoms with Gasteiger partial charge in [-0.3, -0.25) is 14.6 Å². The summed E-state index contributed by atoms with van der Waals surface area (Å²) in [4.78, 5) is 30.4. The Kier molecular flexibility index (Phi) is 7.87. The molecule has 1 aromatic heterocycles. The Hall–Kier alpha value is -4.16. The van der Waals surface area contributed by atoms with Crippen LogP contribution in [0.4, 0.5) is 11.4 Å². The molecule has 4 aromatic rings. The highest BCUT2D eigenvalue weighted by Gasteiger charge is 2.22. The van der Waals surface area contributed by atoms with Gasteiger partial charge in [0.2, 0.25) is 11.8 Å². The van der Waals surface area contributed by atoms with Crippen molar-refractivity contribution in [2.75, 3.05) is 10.6 Å². The van der Waals surface area contributed by atoms with Crippen LogP contribution >= 0.6 is 11.8 Å². The Bertz CT molecular complexity index is 1260. The summed E-state index contributed by atoms with van der Waals surface area (Å²) >= 11 is 1.42. The number of carbonyl (C=O) groups excluding carboxylic acids is 2. The molecule has 0 aliphatic rings. The Labute approximate surface area is 203 Å². The van der Waals surface area contributed by atoms with Crippen molar-refractivity contribution >= 4 is 41.0 Å². The molecule has 1 heterocycles. The fraction of sp³-hybridized carbons (Fsp3) is 0.0357. The van der Waals surface area contributed by atoms with Gasteiger partial charge in [-0.15, -0.1) is 11.8 Å². The minimum atomic E-state index is -0.474. The molecule has 0 saturated heterocycles. The molecule has 168 valence electrons. The number of anilines is 2. The molecule has 2 N–H and O–H groups in total. The molecule has 4 rings (SSSR count). The van der Waals surface area contributed by atoms with Gasteiger partial charge < -0.3 is 10.6 Å². The summed E-state index contributed by atoms with van der Waals surface area (Å²) in [6, 6.07) is 30.3. The van der Waals surface area contributed by atoms with Gasteiger partial charge in [0.25, 0.3) is 0 Å². The third-order valence-electron chi connectivity index (χ3n) is 4.87. The molecule has 0 saturated carbocycles. The molecule has 2 amide bonds. The molecule has 34 heavy (non-hydrogen) atoms. The third-order valence-corrected chi connectivity index (χ3v) is 6.12. The van der Waals surface area contributed by atoms with Gasteiger partial charge in [0.1, 0.15) is 5.25 Å². The van der Waals surface area contributed by atoms with Gasteiger partial charge in [-0.1, -0.05) is 66.7 Å². The summed E-state index contributed by atoms with van der Waals surface area (Å²) in [5, 5.41) is 5.38. The summed E-state index contributed by atoms with van der Waals surface area (Å²) in [6.07, 6.45) is 6.55. The molecule has 0 radical (unpaired) electrons. The second-order valence-corrected chi connectivity index (χ2v) is 8.57. The lowest BCUT2D eigenvalue weighted by atomic mass is 10.1. The van der Waals surface area contributed by atoms with E-state index in [0.29, 0.717) is 11.4 Å². The maximum absolute atomic E-state index is 13.2. The van der Waals surface area contributed by atoms with E-state index in [4.69, 9.17) is 0 Å². The molecule has 0 spiro atoms. The number of nitrogens with one attached hydrogen (secondary N) is 2. The van der Waals surface area contributed by atoms with E-state index < -0.39 is 5.25 Å². The van der Waals surface area contributed by atoms with E-state index in [1.54, 1.807) is 30.6 Å². The number of rotatable bonds is 8. The van der Waals surface area contributed by atoms with Crippen LogP contribution in [-0.2, 0) is 9.59 Å². The molecule has 0 bridgehead atoms. The average Bonchev–Trinajstić information content (AvgIpc) is 2.88. The van der Waals surface area contributed by atoms with Gasteiger partial charge in [0.15, 0.2) is 0 Å². The van der Waals surface area contributed by atoms with Crippen LogP contribution in [0.1, 0.15) is 16.4 Å². The number of amides is 2. The molecule has 1 atom stereocenters. The van der Waals surface area contributed by atoms with E-state index in [1.807, 2.05) is 84.9 Å². The van der Waals surface area contributed by atoms with E-state index in [0.717, 1.165) is 16.0 Å². The van der Waals surface area contributed by atoms with Crippen LogP contribution in [0, 0.1) is 0 Å². The molecule has 0 fully saturated rings. The highest BCUT2D eigenvalue weighted by molar-refractivity contribution is 8.00. The monoisotopic (exact) mass is 465 g/mol. The number of benzene rings is 3. The Morgan fingerprint density at radius 3 is 2.21 bits per heavy atom. The lowest BCUT2D eigenvalue weighted by Crippen LogP contribution is -2.19. The predicted octanol–water partition coefficient (Wildman–Crippen LogP) is 6.21. The van der Waals surface area contributed by atoms with Crippen molar-refractivity contribution in [3.63, 3.8) is 0 Å². The van der Waals surface area contributed by atoms with Crippen molar-refractivity contribution in [2.24, 2.45) is 0 Å². The number of nitrogens with zero attached hydrogens (tertiary/aromatic N) is 1. The average molecular weight is 466 g/mol. The number of hydrogen-bond donors (Lipinski definition) is 2. The molecule has 3 aromatic carbocycles. The van der Waals surface area contributed by atoms with Crippen LogP contribution in [0.5, 0.6) is 0 Å². The first-order valence-electron chi connectivity index (χ1n) is 10.7. The van der Waals surface area contributed by atoms with Gasteiger partial charge in [-0.2, -0.15) is 0 Å². The standard InChI is InChI=1S/C28H23N3O2S/c32-26(15-14-21-8-3-1-4-9-21)30-24-12-7-13-25(20-24)34-27(22-10-5-2-6-11-22)28(33)31-23-16-18-29-19-17-23/h1-20,27H,(H,30,32)(H,29,31,33)/b15-14+. The quantitative estimate of drug-likeness (QED) is 0.240. The van der Waals surface area contributed by atoms with Crippen LogP contribution in [0.25, 0.3) is 6.08 Å². The number of hydrogen-bond acceptors (Lipinski definition) is 4. The predicted molar refractivity (Wildman–Crippen MR) is 138 cm³/mol. The van der Waals surface area contributed by atoms with Crippen LogP contribution in [0.3, 0.4) is 0 Å². The number of pyridine rings is 1. The molecule has 6 heteroatoms. The highest BCUT2D eigenvalue weighted by atomic mass is 32.2. The topological polar surface area (TPSA) is 71.1 Å². The van der Waals surface area contributed by atoms with Crippen LogP contribution in [0.2, 0.25) is 0 Å². The maximum Gasteiger partial charge on any atom is 0.248 e. The van der Waals surface area contributed by atoms with Gasteiger partial charge in [0.05, 0.1) is 0 Å². The van der Waals surface area contributed by atoms with Crippen molar-refractivity contribution in [2.45, 2.75) is 10.1 Å². The van der Waals surface area contributed by atoms with Gasteiger partial charge in [-0.25, -0.2) is 0 Å². The van der Waals surface area contributed by atoms with Gasteiger partial charge >= 0.3 is 0 Å². The second-order valence-electron chi connectivity index (χ2n) is 7.39. The largest absolute Gasteiger partial charge is 0.325 e. The fourth-order valence-corrected chi connectivity index (χ4v) is 4.33. The van der Waals surface area contributed by atoms with E-state index in [1.165, 1.54) is 17.8 Å². The van der Waals surface area contributed by atoms with Gasteiger partial charge in [0, 0.05) is 34.7 Å². The Morgan fingerprint density at radius 2 is 1.47 bits per heavy atom. The molecule has 1 unspecified atom stereocenters. The molecular weight excluding hydrogens is 442 g/mol. The van der Waals surface area contributed by atoms with Crippen LogP contribution < -0.4 is 10.6 Å². The Morgan fingerprint density at radius 1 is 0.765 bits per heavy atom. The van der Waals surface area contributed by atoms with Crippen LogP contribution in [0.15, 0.2) is 120 Å². The van der Waals surface area contributed by atoms with Crippen molar-refractivity contribution in [1.29, 1.82) is 0 Å². The lowest BCUT2D eigenvalue weighted by Gasteiger charge is -2.17. The SMILES string of the molecule is O=C(/C=C/c1ccccc1)Nc1cccc(SC(C(=O)Nc2ccncc2)c2ccccc2)c1. The molecule has 0 aliphatic carbocycles. The minimum absolute atomic E-state index is 0.136. The maximum atomic E-state index is 13.2. The number of carbonyl (C=O) groups is 2. The summed E-state index contributed by atoms with van der Waals surface area (Å²) in [5.74, 6) is -0.358. The summed E-state index contributed by atoms with van der Waals surface area (Å²) < 4.78 is 0. The molecular formula is C28H23N3O2S. The first kappa shape index (κ1) is 23.0. The van der Waals surface area contributed by atoms with E-state index in [2.05, 4.69) is 15.6 Å². The first-order valence-corrected chi connectivity index (χ1v) is 11.6. The number of aromatic nitrogens is 1. The van der Waals surface area contributed by atoms with E-state index >= 15 is 0 Å². The fourth-order valence-electron chi connectivity index (χ4n) is 3.25. The highest BCUT2D eigenvalue weighted by Crippen LogP contribution is 2.37. The first-order chi connectivity index (χ1) is 16.7. The molecule has 5 nitrogen and oxygen atoms in total. The normalized spacial score (nSPS) is 11.6. The van der Waals surface area contributed by atoms with Crippen molar-refractivity contribution in [3.8, 4) is 0 Å². The van der Waals surface area contributed by atoms with Crippen LogP contribution in [-0.4, -0.2) is 16.8 Å². The van der Waals surface area contributed by atoms with Crippen molar-refractivity contribution in [1.82, 2.24) is 4.98 Å². The smallest absolute Gasteiger partial charge is 0.248 e. The zero-order valence-electron chi connectivity index (χ0n) is 18.3. The molecule has 0 aliphatic heterocycles. The second kappa shape index (κ2) is 11.6. The summed E-state index contributed by atoms with van der Waals surface area (Å²) in [6.45, 7) is 0. The zero-order valence-corrected chi connectivity index (χ0v) is 19.1.